The first-order valence-corrected chi connectivity index (χ1v) is 5.01. The average Bonchev–Trinajstić information content (AvgIpc) is 2.24. The largest absolute Gasteiger partial charge is 0.573 e. The summed E-state index contributed by atoms with van der Waals surface area (Å²) in [7, 11) is 0. The van der Waals surface area contributed by atoms with E-state index in [0.717, 1.165) is 0 Å². The monoisotopic (exact) mass is 299 g/mol. The molecule has 0 aliphatic heterocycles. The van der Waals surface area contributed by atoms with Gasteiger partial charge in [-0.15, -0.1) is 13.2 Å². The predicted octanol–water partition coefficient (Wildman–Crippen LogP) is 2.52. The van der Waals surface area contributed by atoms with Crippen LogP contribution in [0.4, 0.5) is 26.3 Å². The zero-order valence-corrected chi connectivity index (χ0v) is 9.64. The van der Waals surface area contributed by atoms with Gasteiger partial charge in [0.2, 0.25) is 0 Å². The molecule has 1 aromatic rings. The molecule has 0 aliphatic rings. The van der Waals surface area contributed by atoms with Gasteiger partial charge in [-0.25, -0.2) is 0 Å². The van der Waals surface area contributed by atoms with Crippen molar-refractivity contribution >= 4 is 0 Å². The highest BCUT2D eigenvalue weighted by molar-refractivity contribution is 5.41. The third-order valence-electron chi connectivity index (χ3n) is 2.07. The van der Waals surface area contributed by atoms with E-state index in [0.29, 0.717) is 6.07 Å². The molecule has 0 saturated heterocycles. The number of nitrogens with zero attached hydrogens (tertiary/aromatic N) is 2. The molecule has 0 saturated carbocycles. The molecule has 20 heavy (non-hydrogen) atoms. The van der Waals surface area contributed by atoms with Crippen LogP contribution in [0.3, 0.4) is 0 Å². The maximum atomic E-state index is 12.8. The van der Waals surface area contributed by atoms with Crippen LogP contribution in [0, 0.1) is 11.3 Å². The lowest BCUT2D eigenvalue weighted by molar-refractivity contribution is -0.276. The fourth-order valence-corrected chi connectivity index (χ4v) is 1.45. The molecule has 0 atom stereocenters. The van der Waals surface area contributed by atoms with Gasteiger partial charge >= 0.3 is 12.5 Å². The second kappa shape index (κ2) is 5.54. The second-order valence-corrected chi connectivity index (χ2v) is 3.52. The van der Waals surface area contributed by atoms with Gasteiger partial charge in [-0.1, -0.05) is 0 Å². The van der Waals surface area contributed by atoms with Crippen molar-refractivity contribution in [2.45, 2.75) is 25.5 Å². The molecule has 0 aromatic carbocycles. The van der Waals surface area contributed by atoms with Gasteiger partial charge in [0.1, 0.15) is 11.3 Å². The van der Waals surface area contributed by atoms with Crippen LogP contribution in [-0.4, -0.2) is 11.3 Å². The van der Waals surface area contributed by atoms with Gasteiger partial charge in [0.15, 0.2) is 0 Å². The molecule has 1 rings (SSSR count). The van der Waals surface area contributed by atoms with Crippen LogP contribution in [0.25, 0.3) is 0 Å². The Labute approximate surface area is 108 Å². The topological polar surface area (TPSA) is 71.9 Å². The molecule has 0 amide bonds. The summed E-state index contributed by atoms with van der Waals surface area (Å²) in [6, 6.07) is 1.99. The van der Waals surface area contributed by atoms with Crippen molar-refractivity contribution in [2.24, 2.45) is 5.73 Å². The molecule has 0 unspecified atom stereocenters. The van der Waals surface area contributed by atoms with E-state index in [-0.39, 0.29) is 5.69 Å². The Bertz CT molecular complexity index is 532. The highest BCUT2D eigenvalue weighted by Crippen LogP contribution is 2.40. The predicted molar refractivity (Wildman–Crippen MR) is 53.1 cm³/mol. The number of hydrogen-bond donors (Lipinski definition) is 1. The standard InChI is InChI=1S/C10H7F6N3O/c11-9(12,13)8-6(4-18)19-5(1-2-17)3-7(8)20-10(14,15)16/h3H,1,4,18H2. The van der Waals surface area contributed by atoms with Crippen molar-refractivity contribution in [3.63, 3.8) is 0 Å². The van der Waals surface area contributed by atoms with Crippen molar-refractivity contribution in [3.8, 4) is 11.8 Å². The SMILES string of the molecule is N#CCc1cc(OC(F)(F)F)c(C(F)(F)F)c(CN)n1. The first kappa shape index (κ1) is 16.0. The summed E-state index contributed by atoms with van der Waals surface area (Å²) in [6.45, 7) is -0.748. The molecule has 10 heteroatoms. The Morgan fingerprint density at radius 3 is 2.25 bits per heavy atom. The lowest BCUT2D eigenvalue weighted by Crippen LogP contribution is -2.23. The van der Waals surface area contributed by atoms with Crippen LogP contribution in [0.15, 0.2) is 6.07 Å². The number of hydrogen-bond acceptors (Lipinski definition) is 4. The van der Waals surface area contributed by atoms with Crippen molar-refractivity contribution in [1.29, 1.82) is 5.26 Å². The van der Waals surface area contributed by atoms with E-state index in [2.05, 4.69) is 9.72 Å². The molecular formula is C10H7F6N3O. The fourth-order valence-electron chi connectivity index (χ4n) is 1.45. The minimum absolute atomic E-state index is 0.291. The van der Waals surface area contributed by atoms with Crippen LogP contribution in [-0.2, 0) is 19.1 Å². The van der Waals surface area contributed by atoms with Crippen LogP contribution in [0.1, 0.15) is 17.0 Å². The second-order valence-electron chi connectivity index (χ2n) is 3.52. The number of pyridine rings is 1. The molecule has 0 bridgehead atoms. The lowest BCUT2D eigenvalue weighted by atomic mass is 10.1. The van der Waals surface area contributed by atoms with Gasteiger partial charge in [-0.2, -0.15) is 18.4 Å². The van der Waals surface area contributed by atoms with E-state index in [1.54, 1.807) is 6.07 Å². The summed E-state index contributed by atoms with van der Waals surface area (Å²) in [5, 5.41) is 8.43. The van der Waals surface area contributed by atoms with Crippen molar-refractivity contribution in [2.75, 3.05) is 0 Å². The molecule has 1 heterocycles. The van der Waals surface area contributed by atoms with Gasteiger partial charge in [-0.05, 0) is 0 Å². The third kappa shape index (κ3) is 3.99. The molecule has 1 aromatic heterocycles. The van der Waals surface area contributed by atoms with Crippen LogP contribution in [0.5, 0.6) is 5.75 Å². The maximum absolute atomic E-state index is 12.8. The van der Waals surface area contributed by atoms with Crippen LogP contribution >= 0.6 is 0 Å². The quantitative estimate of drug-likeness (QED) is 0.870. The summed E-state index contributed by atoms with van der Waals surface area (Å²) >= 11 is 0. The number of rotatable bonds is 3. The third-order valence-corrected chi connectivity index (χ3v) is 2.07. The zero-order chi connectivity index (χ0) is 15.6. The summed E-state index contributed by atoms with van der Waals surface area (Å²) in [4.78, 5) is 3.42. The van der Waals surface area contributed by atoms with E-state index in [1.165, 1.54) is 0 Å². The molecule has 4 nitrogen and oxygen atoms in total. The van der Waals surface area contributed by atoms with Gasteiger partial charge in [0.25, 0.3) is 0 Å². The molecule has 110 valence electrons. The summed E-state index contributed by atoms with van der Waals surface area (Å²) in [5.74, 6) is -1.47. The van der Waals surface area contributed by atoms with Gasteiger partial charge < -0.3 is 10.5 Å². The van der Waals surface area contributed by atoms with E-state index < -0.39 is 42.5 Å². The highest BCUT2D eigenvalue weighted by Gasteiger charge is 2.42. The van der Waals surface area contributed by atoms with Gasteiger partial charge in [0, 0.05) is 12.6 Å². The van der Waals surface area contributed by atoms with Crippen molar-refractivity contribution < 1.29 is 31.1 Å². The Balaban J connectivity index is 3.49. The summed E-state index contributed by atoms with van der Waals surface area (Å²) < 4.78 is 78.2. The first-order valence-electron chi connectivity index (χ1n) is 5.01. The fraction of sp³-hybridized carbons (Fsp3) is 0.400. The summed E-state index contributed by atoms with van der Waals surface area (Å²) in [5.41, 5.74) is 2.26. The Morgan fingerprint density at radius 1 is 1.25 bits per heavy atom. The van der Waals surface area contributed by atoms with E-state index in [9.17, 15) is 26.3 Å². The average molecular weight is 299 g/mol. The maximum Gasteiger partial charge on any atom is 0.573 e. The molecule has 0 aliphatic carbocycles. The number of ether oxygens (including phenoxy) is 1. The zero-order valence-electron chi connectivity index (χ0n) is 9.64. The first-order chi connectivity index (χ1) is 9.08. The minimum atomic E-state index is -5.31. The normalized spacial score (nSPS) is 12.1. The van der Waals surface area contributed by atoms with E-state index in [1.807, 2.05) is 0 Å². The van der Waals surface area contributed by atoms with Crippen molar-refractivity contribution in [3.05, 3.63) is 23.0 Å². The number of aromatic nitrogens is 1. The number of nitrogens with two attached hydrogens (primary N) is 1. The smallest absolute Gasteiger partial charge is 0.405 e. The molecular weight excluding hydrogens is 292 g/mol. The van der Waals surface area contributed by atoms with Crippen molar-refractivity contribution in [1.82, 2.24) is 4.98 Å². The van der Waals surface area contributed by atoms with Crippen LogP contribution < -0.4 is 10.5 Å². The van der Waals surface area contributed by atoms with Gasteiger partial charge in [-0.3, -0.25) is 4.98 Å². The van der Waals surface area contributed by atoms with Crippen LogP contribution in [0.2, 0.25) is 0 Å². The number of halogens is 6. The summed E-state index contributed by atoms with van der Waals surface area (Å²) in [6.07, 6.45) is -10.9. The van der Waals surface area contributed by atoms with E-state index in [4.69, 9.17) is 11.0 Å². The highest BCUT2D eigenvalue weighted by atomic mass is 19.4. The van der Waals surface area contributed by atoms with Gasteiger partial charge in [0.05, 0.1) is 23.9 Å². The molecule has 0 radical (unpaired) electrons. The lowest BCUT2D eigenvalue weighted by Gasteiger charge is -2.18. The Hall–Kier alpha value is -2.02. The number of alkyl halides is 6. The van der Waals surface area contributed by atoms with E-state index >= 15 is 0 Å². The minimum Gasteiger partial charge on any atom is -0.405 e. The number of nitriles is 1. The Morgan fingerprint density at radius 2 is 1.85 bits per heavy atom. The molecule has 0 fully saturated rings. The molecule has 2 N–H and O–H groups in total. The molecule has 0 spiro atoms. The Kier molecular flexibility index (Phi) is 4.44.